The Hall–Kier alpha value is -1.09. The molecule has 0 unspecified atom stereocenters. The van der Waals surface area contributed by atoms with Gasteiger partial charge in [-0.15, -0.1) is 0 Å². The quantitative estimate of drug-likeness (QED) is 0.815. The Morgan fingerprint density at radius 1 is 1.29 bits per heavy atom. The van der Waals surface area contributed by atoms with E-state index in [1.165, 1.54) is 15.8 Å². The summed E-state index contributed by atoms with van der Waals surface area (Å²) in [5, 5.41) is 4.29. The summed E-state index contributed by atoms with van der Waals surface area (Å²) in [6, 6.07) is 4.29. The third kappa shape index (κ3) is 1.48. The summed E-state index contributed by atoms with van der Waals surface area (Å²) in [4.78, 5) is 4.57. The normalized spacial score (nSPS) is 10.8. The summed E-state index contributed by atoms with van der Waals surface area (Å²) in [7, 11) is 0. The molecule has 0 radical (unpaired) electrons. The van der Waals surface area contributed by atoms with Crippen molar-refractivity contribution in [1.82, 2.24) is 4.98 Å². The number of rotatable bonds is 2. The number of aromatic nitrogens is 1. The van der Waals surface area contributed by atoms with Crippen molar-refractivity contribution in [2.45, 2.75) is 20.8 Å². The number of benzene rings is 1. The molecule has 74 valence electrons. The van der Waals surface area contributed by atoms with Crippen molar-refractivity contribution in [3.63, 3.8) is 0 Å². The maximum Gasteiger partial charge on any atom is 0.183 e. The Morgan fingerprint density at radius 3 is 2.64 bits per heavy atom. The van der Waals surface area contributed by atoms with Crippen LogP contribution in [-0.2, 0) is 0 Å². The van der Waals surface area contributed by atoms with Crippen LogP contribution in [0, 0.1) is 13.8 Å². The highest BCUT2D eigenvalue weighted by Crippen LogP contribution is 2.30. The number of hydrogen-bond acceptors (Lipinski definition) is 3. The highest BCUT2D eigenvalue weighted by atomic mass is 32.1. The lowest BCUT2D eigenvalue weighted by molar-refractivity contribution is 1.20. The fourth-order valence-corrected chi connectivity index (χ4v) is 2.57. The average Bonchev–Trinajstić information content (AvgIpc) is 2.57. The van der Waals surface area contributed by atoms with E-state index < -0.39 is 0 Å². The molecule has 0 fully saturated rings. The van der Waals surface area contributed by atoms with Gasteiger partial charge in [0.05, 0.1) is 10.2 Å². The molecule has 14 heavy (non-hydrogen) atoms. The van der Waals surface area contributed by atoms with E-state index in [0.29, 0.717) is 0 Å². The molecule has 0 spiro atoms. The molecule has 1 N–H and O–H groups in total. The molecular formula is C11H14N2S. The molecular weight excluding hydrogens is 192 g/mol. The molecule has 0 amide bonds. The van der Waals surface area contributed by atoms with Crippen LogP contribution in [0.4, 0.5) is 5.13 Å². The van der Waals surface area contributed by atoms with Crippen LogP contribution in [0.15, 0.2) is 12.1 Å². The summed E-state index contributed by atoms with van der Waals surface area (Å²) in [5.74, 6) is 0. The van der Waals surface area contributed by atoms with E-state index in [2.05, 4.69) is 43.2 Å². The van der Waals surface area contributed by atoms with E-state index in [4.69, 9.17) is 0 Å². The number of fused-ring (bicyclic) bond motifs is 1. The number of hydrogen-bond donors (Lipinski definition) is 1. The molecule has 2 rings (SSSR count). The van der Waals surface area contributed by atoms with Crippen molar-refractivity contribution in [2.24, 2.45) is 0 Å². The molecule has 2 nitrogen and oxygen atoms in total. The Labute approximate surface area is 88.0 Å². The summed E-state index contributed by atoms with van der Waals surface area (Å²) >= 11 is 1.74. The van der Waals surface area contributed by atoms with E-state index >= 15 is 0 Å². The van der Waals surface area contributed by atoms with Gasteiger partial charge in [0.15, 0.2) is 5.13 Å². The van der Waals surface area contributed by atoms with Crippen LogP contribution in [0.3, 0.4) is 0 Å². The van der Waals surface area contributed by atoms with Gasteiger partial charge >= 0.3 is 0 Å². The standard InChI is InChI=1S/C11H14N2S/c1-4-12-11-13-9-7(2)5-6-8(3)10(9)14-11/h5-6H,4H2,1-3H3,(H,12,13). The third-order valence-corrected chi connectivity index (χ3v) is 3.42. The van der Waals surface area contributed by atoms with Crippen LogP contribution < -0.4 is 5.32 Å². The summed E-state index contributed by atoms with van der Waals surface area (Å²) in [6.07, 6.45) is 0. The van der Waals surface area contributed by atoms with Gasteiger partial charge in [0.25, 0.3) is 0 Å². The van der Waals surface area contributed by atoms with Gasteiger partial charge in [0, 0.05) is 6.54 Å². The van der Waals surface area contributed by atoms with Crippen LogP contribution in [0.1, 0.15) is 18.1 Å². The van der Waals surface area contributed by atoms with Crippen LogP contribution in [0.5, 0.6) is 0 Å². The smallest absolute Gasteiger partial charge is 0.183 e. The molecule has 0 saturated heterocycles. The molecule has 1 aromatic carbocycles. The fourth-order valence-electron chi connectivity index (χ4n) is 1.49. The zero-order valence-corrected chi connectivity index (χ0v) is 9.53. The number of aryl methyl sites for hydroxylation is 2. The highest BCUT2D eigenvalue weighted by Gasteiger charge is 2.07. The Bertz CT molecular complexity index is 421. The minimum atomic E-state index is 0.928. The lowest BCUT2D eigenvalue weighted by atomic mass is 10.1. The lowest BCUT2D eigenvalue weighted by Crippen LogP contribution is -1.94. The van der Waals surface area contributed by atoms with Crippen molar-refractivity contribution in [3.05, 3.63) is 23.3 Å². The van der Waals surface area contributed by atoms with Crippen LogP contribution in [0.25, 0.3) is 10.2 Å². The zero-order chi connectivity index (χ0) is 10.1. The Kier molecular flexibility index (Phi) is 2.42. The Balaban J connectivity index is 2.63. The van der Waals surface area contributed by atoms with Crippen LogP contribution >= 0.6 is 11.3 Å². The first-order valence-electron chi connectivity index (χ1n) is 4.83. The second-order valence-electron chi connectivity index (χ2n) is 3.43. The van der Waals surface area contributed by atoms with Gasteiger partial charge in [-0.25, -0.2) is 4.98 Å². The van der Waals surface area contributed by atoms with Crippen molar-refractivity contribution in [3.8, 4) is 0 Å². The van der Waals surface area contributed by atoms with Crippen molar-refractivity contribution < 1.29 is 0 Å². The van der Waals surface area contributed by atoms with Gasteiger partial charge in [0.1, 0.15) is 0 Å². The van der Waals surface area contributed by atoms with Crippen LogP contribution in [0.2, 0.25) is 0 Å². The first kappa shape index (κ1) is 9.46. The van der Waals surface area contributed by atoms with Gasteiger partial charge < -0.3 is 5.32 Å². The highest BCUT2D eigenvalue weighted by molar-refractivity contribution is 7.22. The minimum Gasteiger partial charge on any atom is -0.362 e. The van der Waals surface area contributed by atoms with E-state index in [9.17, 15) is 0 Å². The van der Waals surface area contributed by atoms with Gasteiger partial charge in [-0.2, -0.15) is 0 Å². The molecule has 1 aromatic heterocycles. The average molecular weight is 206 g/mol. The molecule has 0 saturated carbocycles. The van der Waals surface area contributed by atoms with Gasteiger partial charge in [-0.05, 0) is 31.9 Å². The predicted molar refractivity (Wildman–Crippen MR) is 63.3 cm³/mol. The molecule has 0 atom stereocenters. The molecule has 0 bridgehead atoms. The second-order valence-corrected chi connectivity index (χ2v) is 4.43. The third-order valence-electron chi connectivity index (χ3n) is 2.27. The molecule has 0 aliphatic heterocycles. The summed E-state index contributed by atoms with van der Waals surface area (Å²) < 4.78 is 1.31. The second kappa shape index (κ2) is 3.58. The van der Waals surface area contributed by atoms with E-state index in [1.807, 2.05) is 0 Å². The SMILES string of the molecule is CCNc1nc2c(C)ccc(C)c2s1. The van der Waals surface area contributed by atoms with Gasteiger partial charge in [0.2, 0.25) is 0 Å². The first-order chi connectivity index (χ1) is 6.72. The van der Waals surface area contributed by atoms with Gasteiger partial charge in [-0.1, -0.05) is 23.5 Å². The molecule has 0 aliphatic rings. The van der Waals surface area contributed by atoms with Crippen molar-refractivity contribution >= 4 is 26.7 Å². The summed E-state index contributed by atoms with van der Waals surface area (Å²) in [5.41, 5.74) is 3.71. The van der Waals surface area contributed by atoms with Gasteiger partial charge in [-0.3, -0.25) is 0 Å². The maximum absolute atomic E-state index is 4.57. The first-order valence-corrected chi connectivity index (χ1v) is 5.64. The maximum atomic E-state index is 4.57. The molecule has 2 aromatic rings. The monoisotopic (exact) mass is 206 g/mol. The number of nitrogens with one attached hydrogen (secondary N) is 1. The number of nitrogens with zero attached hydrogens (tertiary/aromatic N) is 1. The largest absolute Gasteiger partial charge is 0.362 e. The van der Waals surface area contributed by atoms with Crippen LogP contribution in [-0.4, -0.2) is 11.5 Å². The number of anilines is 1. The van der Waals surface area contributed by atoms with E-state index in [0.717, 1.165) is 17.2 Å². The van der Waals surface area contributed by atoms with E-state index in [1.54, 1.807) is 11.3 Å². The van der Waals surface area contributed by atoms with Crippen molar-refractivity contribution in [2.75, 3.05) is 11.9 Å². The lowest BCUT2D eigenvalue weighted by Gasteiger charge is -1.96. The molecule has 1 heterocycles. The fraction of sp³-hybridized carbons (Fsp3) is 0.364. The van der Waals surface area contributed by atoms with Crippen molar-refractivity contribution in [1.29, 1.82) is 0 Å². The minimum absolute atomic E-state index is 0.928. The Morgan fingerprint density at radius 2 is 2.00 bits per heavy atom. The molecule has 0 aliphatic carbocycles. The zero-order valence-electron chi connectivity index (χ0n) is 8.72. The topological polar surface area (TPSA) is 24.9 Å². The van der Waals surface area contributed by atoms with E-state index in [-0.39, 0.29) is 0 Å². The summed E-state index contributed by atoms with van der Waals surface area (Å²) in [6.45, 7) is 7.26. The predicted octanol–water partition coefficient (Wildman–Crippen LogP) is 3.34. The molecule has 3 heteroatoms. The number of thiazole rings is 1.